The highest BCUT2D eigenvalue weighted by Crippen LogP contribution is 2.07. The highest BCUT2D eigenvalue weighted by molar-refractivity contribution is 5.92. The Hall–Kier alpha value is -1.42. The lowest BCUT2D eigenvalue weighted by molar-refractivity contribution is 0.0776. The lowest BCUT2D eigenvalue weighted by atomic mass is 10.3. The molecular formula is C13H19N3O. The number of aromatic nitrogens is 1. The normalized spacial score (nSPS) is 16.1. The van der Waals surface area contributed by atoms with Gasteiger partial charge in [-0.2, -0.15) is 0 Å². The third-order valence-corrected chi connectivity index (χ3v) is 3.18. The van der Waals surface area contributed by atoms with E-state index in [1.165, 1.54) is 25.9 Å². The zero-order chi connectivity index (χ0) is 12.1. The van der Waals surface area contributed by atoms with Crippen LogP contribution < -0.4 is 0 Å². The number of likely N-dealkylation sites (N-methyl/N-ethyl adjacent to an activating group) is 1. The van der Waals surface area contributed by atoms with Gasteiger partial charge in [0.05, 0.1) is 0 Å². The van der Waals surface area contributed by atoms with Crippen LogP contribution in [0, 0.1) is 0 Å². The molecule has 4 heteroatoms. The fraction of sp³-hybridized carbons (Fsp3) is 0.538. The average molecular weight is 233 g/mol. The van der Waals surface area contributed by atoms with Crippen LogP contribution in [-0.4, -0.2) is 53.9 Å². The van der Waals surface area contributed by atoms with Crippen molar-refractivity contribution in [2.75, 3.05) is 33.2 Å². The number of pyridine rings is 1. The van der Waals surface area contributed by atoms with Crippen molar-refractivity contribution < 1.29 is 4.79 Å². The molecule has 4 nitrogen and oxygen atoms in total. The van der Waals surface area contributed by atoms with Gasteiger partial charge < -0.3 is 9.80 Å². The zero-order valence-electron chi connectivity index (χ0n) is 10.3. The number of nitrogens with zero attached hydrogens (tertiary/aromatic N) is 3. The van der Waals surface area contributed by atoms with E-state index in [-0.39, 0.29) is 5.91 Å². The second-order valence-corrected chi connectivity index (χ2v) is 4.49. The van der Waals surface area contributed by atoms with Crippen molar-refractivity contribution in [3.8, 4) is 0 Å². The van der Waals surface area contributed by atoms with Gasteiger partial charge in [-0.1, -0.05) is 6.07 Å². The lowest BCUT2D eigenvalue weighted by Crippen LogP contribution is -2.35. The fourth-order valence-corrected chi connectivity index (χ4v) is 2.08. The molecule has 1 aliphatic heterocycles. The Morgan fingerprint density at radius 1 is 1.41 bits per heavy atom. The van der Waals surface area contributed by atoms with E-state index in [0.717, 1.165) is 13.1 Å². The molecule has 0 radical (unpaired) electrons. The van der Waals surface area contributed by atoms with Crippen molar-refractivity contribution in [2.24, 2.45) is 0 Å². The minimum absolute atomic E-state index is 0.00444. The van der Waals surface area contributed by atoms with Crippen molar-refractivity contribution in [1.82, 2.24) is 14.8 Å². The largest absolute Gasteiger partial charge is 0.339 e. The zero-order valence-corrected chi connectivity index (χ0v) is 10.3. The Bertz CT molecular complexity index is 360. The number of hydrogen-bond acceptors (Lipinski definition) is 3. The monoisotopic (exact) mass is 233 g/mol. The van der Waals surface area contributed by atoms with Gasteiger partial charge in [0.1, 0.15) is 5.69 Å². The third-order valence-electron chi connectivity index (χ3n) is 3.18. The Balaban J connectivity index is 1.83. The molecule has 0 unspecified atom stereocenters. The molecular weight excluding hydrogens is 214 g/mol. The second-order valence-electron chi connectivity index (χ2n) is 4.49. The summed E-state index contributed by atoms with van der Waals surface area (Å²) >= 11 is 0. The Morgan fingerprint density at radius 3 is 2.82 bits per heavy atom. The molecule has 0 saturated carbocycles. The van der Waals surface area contributed by atoms with E-state index < -0.39 is 0 Å². The first-order valence-electron chi connectivity index (χ1n) is 6.16. The minimum atomic E-state index is 0.00444. The van der Waals surface area contributed by atoms with Crippen LogP contribution in [0.5, 0.6) is 0 Å². The second kappa shape index (κ2) is 5.77. The summed E-state index contributed by atoms with van der Waals surface area (Å²) in [5.41, 5.74) is 0.524. The maximum absolute atomic E-state index is 12.0. The van der Waals surface area contributed by atoms with Crippen LogP contribution in [0.3, 0.4) is 0 Å². The summed E-state index contributed by atoms with van der Waals surface area (Å²) in [6.07, 6.45) is 4.23. The maximum atomic E-state index is 12.0. The molecule has 2 heterocycles. The Morgan fingerprint density at radius 2 is 2.18 bits per heavy atom. The van der Waals surface area contributed by atoms with Gasteiger partial charge in [0.15, 0.2) is 0 Å². The first kappa shape index (κ1) is 12.0. The number of carbonyl (C=O) groups is 1. The van der Waals surface area contributed by atoms with Gasteiger partial charge in [-0.25, -0.2) is 0 Å². The molecule has 0 N–H and O–H groups in total. The smallest absolute Gasteiger partial charge is 0.272 e. The number of rotatable bonds is 4. The molecule has 0 bridgehead atoms. The average Bonchev–Trinajstić information content (AvgIpc) is 2.89. The van der Waals surface area contributed by atoms with Crippen molar-refractivity contribution in [1.29, 1.82) is 0 Å². The Labute approximate surface area is 102 Å². The summed E-state index contributed by atoms with van der Waals surface area (Å²) in [4.78, 5) is 20.2. The van der Waals surface area contributed by atoms with E-state index in [0.29, 0.717) is 5.69 Å². The quantitative estimate of drug-likeness (QED) is 0.785. The highest BCUT2D eigenvalue weighted by atomic mass is 16.2. The molecule has 92 valence electrons. The van der Waals surface area contributed by atoms with E-state index in [4.69, 9.17) is 0 Å². The van der Waals surface area contributed by atoms with E-state index in [9.17, 15) is 4.79 Å². The highest BCUT2D eigenvalue weighted by Gasteiger charge is 2.15. The van der Waals surface area contributed by atoms with Crippen LogP contribution in [0.15, 0.2) is 24.4 Å². The Kier molecular flexibility index (Phi) is 4.09. The van der Waals surface area contributed by atoms with Crippen LogP contribution in [0.4, 0.5) is 0 Å². The number of likely N-dealkylation sites (tertiary alicyclic amines) is 1. The molecule has 0 spiro atoms. The fourth-order valence-electron chi connectivity index (χ4n) is 2.08. The summed E-state index contributed by atoms with van der Waals surface area (Å²) in [6.45, 7) is 4.09. The SMILES string of the molecule is CN(CCN1CCCC1)C(=O)c1ccccn1. The molecule has 1 aromatic rings. The van der Waals surface area contributed by atoms with Gasteiger partial charge in [0.25, 0.3) is 5.91 Å². The molecule has 1 aliphatic rings. The van der Waals surface area contributed by atoms with Gasteiger partial charge in [-0.3, -0.25) is 9.78 Å². The first-order chi connectivity index (χ1) is 8.27. The molecule has 0 aliphatic carbocycles. The van der Waals surface area contributed by atoms with Crippen LogP contribution in [-0.2, 0) is 0 Å². The van der Waals surface area contributed by atoms with E-state index >= 15 is 0 Å². The van der Waals surface area contributed by atoms with Gasteiger partial charge in [0, 0.05) is 26.3 Å². The summed E-state index contributed by atoms with van der Waals surface area (Å²) in [5, 5.41) is 0. The van der Waals surface area contributed by atoms with Gasteiger partial charge in [-0.15, -0.1) is 0 Å². The summed E-state index contributed by atoms with van der Waals surface area (Å²) in [6, 6.07) is 5.42. The number of carbonyl (C=O) groups excluding carboxylic acids is 1. The van der Waals surface area contributed by atoms with Crippen molar-refractivity contribution in [3.63, 3.8) is 0 Å². The molecule has 0 atom stereocenters. The van der Waals surface area contributed by atoms with E-state index in [1.54, 1.807) is 17.2 Å². The van der Waals surface area contributed by atoms with E-state index in [1.807, 2.05) is 19.2 Å². The first-order valence-corrected chi connectivity index (χ1v) is 6.16. The molecule has 1 aromatic heterocycles. The van der Waals surface area contributed by atoms with Crippen molar-refractivity contribution in [3.05, 3.63) is 30.1 Å². The third kappa shape index (κ3) is 3.27. The van der Waals surface area contributed by atoms with Crippen LogP contribution in [0.2, 0.25) is 0 Å². The molecule has 0 aromatic carbocycles. The van der Waals surface area contributed by atoms with Gasteiger partial charge in [-0.05, 0) is 38.1 Å². The summed E-state index contributed by atoms with van der Waals surface area (Å²) in [7, 11) is 1.84. The van der Waals surface area contributed by atoms with Crippen molar-refractivity contribution >= 4 is 5.91 Å². The number of amides is 1. The summed E-state index contributed by atoms with van der Waals surface area (Å²) < 4.78 is 0. The van der Waals surface area contributed by atoms with Crippen LogP contribution >= 0.6 is 0 Å². The maximum Gasteiger partial charge on any atom is 0.272 e. The summed E-state index contributed by atoms with van der Waals surface area (Å²) in [5.74, 6) is 0.00444. The predicted octanol–water partition coefficient (Wildman–Crippen LogP) is 1.25. The van der Waals surface area contributed by atoms with Crippen molar-refractivity contribution in [2.45, 2.75) is 12.8 Å². The van der Waals surface area contributed by atoms with Crippen LogP contribution in [0.25, 0.3) is 0 Å². The molecule has 1 fully saturated rings. The topological polar surface area (TPSA) is 36.4 Å². The van der Waals surface area contributed by atoms with Crippen LogP contribution in [0.1, 0.15) is 23.3 Å². The van der Waals surface area contributed by atoms with Gasteiger partial charge >= 0.3 is 0 Å². The van der Waals surface area contributed by atoms with Gasteiger partial charge in [0.2, 0.25) is 0 Å². The lowest BCUT2D eigenvalue weighted by Gasteiger charge is -2.21. The van der Waals surface area contributed by atoms with E-state index in [2.05, 4.69) is 9.88 Å². The molecule has 1 saturated heterocycles. The number of hydrogen-bond donors (Lipinski definition) is 0. The molecule has 1 amide bonds. The standard InChI is InChI=1S/C13H19N3O/c1-15(10-11-16-8-4-5-9-16)13(17)12-6-2-3-7-14-12/h2-3,6-7H,4-5,8-11H2,1H3. The molecule has 17 heavy (non-hydrogen) atoms. The molecule has 2 rings (SSSR count). The predicted molar refractivity (Wildman–Crippen MR) is 66.9 cm³/mol. The minimum Gasteiger partial charge on any atom is -0.339 e.